The van der Waals surface area contributed by atoms with Crippen LogP contribution in [0, 0.1) is 5.82 Å². The molecule has 1 unspecified atom stereocenters. The molecule has 0 bridgehead atoms. The highest BCUT2D eigenvalue weighted by molar-refractivity contribution is 5.75. The zero-order valence-electron chi connectivity index (χ0n) is 12.0. The molecule has 0 fully saturated rings. The van der Waals surface area contributed by atoms with Crippen molar-refractivity contribution in [2.75, 3.05) is 0 Å². The number of hydrogen-bond donors (Lipinski definition) is 1. The number of imidazole rings is 1. The van der Waals surface area contributed by atoms with E-state index in [0.29, 0.717) is 6.54 Å². The van der Waals surface area contributed by atoms with Crippen LogP contribution in [0.2, 0.25) is 0 Å². The summed E-state index contributed by atoms with van der Waals surface area (Å²) >= 11 is 0. The second-order valence-electron chi connectivity index (χ2n) is 5.14. The van der Waals surface area contributed by atoms with Crippen LogP contribution in [-0.2, 0) is 13.0 Å². The van der Waals surface area contributed by atoms with Gasteiger partial charge in [-0.1, -0.05) is 31.2 Å². The molecule has 108 valence electrons. The van der Waals surface area contributed by atoms with E-state index in [1.165, 1.54) is 12.1 Å². The molecule has 3 aromatic rings. The monoisotopic (exact) mass is 283 g/mol. The minimum atomic E-state index is -0.242. The molecule has 0 spiro atoms. The molecule has 0 saturated heterocycles. The van der Waals surface area contributed by atoms with Gasteiger partial charge in [0.05, 0.1) is 11.0 Å². The number of halogens is 1. The van der Waals surface area contributed by atoms with Crippen molar-refractivity contribution in [1.29, 1.82) is 0 Å². The van der Waals surface area contributed by atoms with E-state index in [2.05, 4.69) is 22.5 Å². The molecular weight excluding hydrogens is 265 g/mol. The molecule has 0 aliphatic heterocycles. The molecule has 0 saturated carbocycles. The predicted molar refractivity (Wildman–Crippen MR) is 82.4 cm³/mol. The van der Waals surface area contributed by atoms with Crippen molar-refractivity contribution in [2.24, 2.45) is 5.73 Å². The van der Waals surface area contributed by atoms with E-state index >= 15 is 0 Å². The normalized spacial score (nSPS) is 12.7. The Hall–Kier alpha value is -2.20. The number of nitrogens with two attached hydrogens (primary N) is 1. The second kappa shape index (κ2) is 5.66. The SMILES string of the molecule is CCc1nc2ccccc2n1CC(N)c1ccc(F)cc1. The first kappa shape index (κ1) is 13.8. The summed E-state index contributed by atoms with van der Waals surface area (Å²) in [5, 5.41) is 0. The van der Waals surface area contributed by atoms with Crippen LogP contribution in [0.3, 0.4) is 0 Å². The summed E-state index contributed by atoms with van der Waals surface area (Å²) in [6.45, 7) is 2.72. The Labute approximate surface area is 123 Å². The van der Waals surface area contributed by atoms with E-state index in [9.17, 15) is 4.39 Å². The third kappa shape index (κ3) is 2.67. The Balaban J connectivity index is 1.95. The predicted octanol–water partition coefficient (Wildman–Crippen LogP) is 3.44. The smallest absolute Gasteiger partial charge is 0.123 e. The zero-order valence-corrected chi connectivity index (χ0v) is 12.0. The van der Waals surface area contributed by atoms with E-state index in [-0.39, 0.29) is 11.9 Å². The molecule has 1 heterocycles. The molecule has 0 aliphatic rings. The summed E-state index contributed by atoms with van der Waals surface area (Å²) in [4.78, 5) is 4.64. The van der Waals surface area contributed by atoms with Crippen LogP contribution < -0.4 is 5.73 Å². The number of nitrogens with zero attached hydrogens (tertiary/aromatic N) is 2. The molecule has 2 N–H and O–H groups in total. The highest BCUT2D eigenvalue weighted by atomic mass is 19.1. The maximum Gasteiger partial charge on any atom is 0.123 e. The lowest BCUT2D eigenvalue weighted by Gasteiger charge is -2.15. The van der Waals surface area contributed by atoms with Crippen LogP contribution in [0.15, 0.2) is 48.5 Å². The lowest BCUT2D eigenvalue weighted by atomic mass is 10.1. The van der Waals surface area contributed by atoms with Crippen molar-refractivity contribution >= 4 is 11.0 Å². The fourth-order valence-corrected chi connectivity index (χ4v) is 2.61. The molecule has 0 amide bonds. The van der Waals surface area contributed by atoms with Gasteiger partial charge in [0.1, 0.15) is 11.6 Å². The van der Waals surface area contributed by atoms with Gasteiger partial charge in [0.25, 0.3) is 0 Å². The number of fused-ring (bicyclic) bond motifs is 1. The highest BCUT2D eigenvalue weighted by Crippen LogP contribution is 2.20. The minimum absolute atomic E-state index is 0.187. The topological polar surface area (TPSA) is 43.8 Å². The van der Waals surface area contributed by atoms with Gasteiger partial charge in [-0.25, -0.2) is 9.37 Å². The molecule has 4 heteroatoms. The summed E-state index contributed by atoms with van der Waals surface area (Å²) in [5.74, 6) is 0.780. The lowest BCUT2D eigenvalue weighted by Crippen LogP contribution is -2.19. The van der Waals surface area contributed by atoms with Crippen molar-refractivity contribution in [3.8, 4) is 0 Å². The fraction of sp³-hybridized carbons (Fsp3) is 0.235. The summed E-state index contributed by atoms with van der Waals surface area (Å²) < 4.78 is 15.2. The number of aromatic nitrogens is 2. The third-order valence-corrected chi connectivity index (χ3v) is 3.73. The third-order valence-electron chi connectivity index (χ3n) is 3.73. The number of benzene rings is 2. The van der Waals surface area contributed by atoms with Crippen LogP contribution in [-0.4, -0.2) is 9.55 Å². The van der Waals surface area contributed by atoms with Crippen molar-refractivity contribution < 1.29 is 4.39 Å². The first-order valence-corrected chi connectivity index (χ1v) is 7.14. The van der Waals surface area contributed by atoms with Gasteiger partial charge < -0.3 is 10.3 Å². The van der Waals surface area contributed by atoms with Crippen LogP contribution >= 0.6 is 0 Å². The van der Waals surface area contributed by atoms with E-state index in [0.717, 1.165) is 28.8 Å². The van der Waals surface area contributed by atoms with E-state index in [4.69, 9.17) is 5.73 Å². The number of hydrogen-bond acceptors (Lipinski definition) is 2. The van der Waals surface area contributed by atoms with E-state index < -0.39 is 0 Å². The average Bonchev–Trinajstić information content (AvgIpc) is 2.86. The van der Waals surface area contributed by atoms with Gasteiger partial charge >= 0.3 is 0 Å². The Bertz CT molecular complexity index is 746. The molecule has 0 radical (unpaired) electrons. The number of aryl methyl sites for hydroxylation is 1. The van der Waals surface area contributed by atoms with Crippen molar-refractivity contribution in [3.63, 3.8) is 0 Å². The number of rotatable bonds is 4. The molecule has 3 rings (SSSR count). The Morgan fingerprint density at radius 3 is 2.57 bits per heavy atom. The average molecular weight is 283 g/mol. The van der Waals surface area contributed by atoms with Crippen molar-refractivity contribution in [3.05, 3.63) is 65.7 Å². The number of para-hydroxylation sites is 2. The molecule has 2 aromatic carbocycles. The standard InChI is InChI=1S/C17H18FN3/c1-2-17-20-15-5-3-4-6-16(15)21(17)11-14(19)12-7-9-13(18)10-8-12/h3-10,14H,2,11,19H2,1H3. The Morgan fingerprint density at radius 2 is 1.86 bits per heavy atom. The van der Waals surface area contributed by atoms with Crippen LogP contribution in [0.5, 0.6) is 0 Å². The van der Waals surface area contributed by atoms with Gasteiger partial charge in [0.15, 0.2) is 0 Å². The molecule has 1 atom stereocenters. The van der Waals surface area contributed by atoms with E-state index in [1.54, 1.807) is 12.1 Å². The van der Waals surface area contributed by atoms with E-state index in [1.807, 2.05) is 18.2 Å². The maximum atomic E-state index is 13.0. The molecule has 0 aliphatic carbocycles. The van der Waals surface area contributed by atoms with Gasteiger partial charge in [0.2, 0.25) is 0 Å². The first-order chi connectivity index (χ1) is 10.2. The maximum absolute atomic E-state index is 13.0. The largest absolute Gasteiger partial charge is 0.326 e. The first-order valence-electron chi connectivity index (χ1n) is 7.14. The quantitative estimate of drug-likeness (QED) is 0.797. The van der Waals surface area contributed by atoms with Gasteiger partial charge in [-0.3, -0.25) is 0 Å². The van der Waals surface area contributed by atoms with Crippen LogP contribution in [0.4, 0.5) is 4.39 Å². The van der Waals surface area contributed by atoms with Crippen molar-refractivity contribution in [1.82, 2.24) is 9.55 Å². The molecule has 1 aromatic heterocycles. The Morgan fingerprint density at radius 1 is 1.14 bits per heavy atom. The fourth-order valence-electron chi connectivity index (χ4n) is 2.61. The zero-order chi connectivity index (χ0) is 14.8. The summed E-state index contributed by atoms with van der Waals surface area (Å²) in [7, 11) is 0. The minimum Gasteiger partial charge on any atom is -0.326 e. The molecular formula is C17H18FN3. The highest BCUT2D eigenvalue weighted by Gasteiger charge is 2.13. The van der Waals surface area contributed by atoms with Crippen molar-refractivity contribution in [2.45, 2.75) is 25.9 Å². The van der Waals surface area contributed by atoms with Gasteiger partial charge in [-0.2, -0.15) is 0 Å². The van der Waals surface area contributed by atoms with Gasteiger partial charge in [-0.15, -0.1) is 0 Å². The second-order valence-corrected chi connectivity index (χ2v) is 5.14. The van der Waals surface area contributed by atoms with Gasteiger partial charge in [0, 0.05) is 19.0 Å². The Kier molecular flexibility index (Phi) is 3.71. The van der Waals surface area contributed by atoms with Crippen LogP contribution in [0.25, 0.3) is 11.0 Å². The van der Waals surface area contributed by atoms with Gasteiger partial charge in [-0.05, 0) is 29.8 Å². The molecule has 3 nitrogen and oxygen atoms in total. The summed E-state index contributed by atoms with van der Waals surface area (Å²) in [5.41, 5.74) is 9.28. The summed E-state index contributed by atoms with van der Waals surface area (Å²) in [6.07, 6.45) is 0.852. The van der Waals surface area contributed by atoms with Crippen LogP contribution in [0.1, 0.15) is 24.4 Å². The molecule has 21 heavy (non-hydrogen) atoms. The summed E-state index contributed by atoms with van der Waals surface area (Å²) in [6, 6.07) is 14.2. The lowest BCUT2D eigenvalue weighted by molar-refractivity contribution is 0.566.